The van der Waals surface area contributed by atoms with Gasteiger partial charge in [0.2, 0.25) is 5.91 Å². The summed E-state index contributed by atoms with van der Waals surface area (Å²) in [6.45, 7) is 1.09. The van der Waals surface area contributed by atoms with Crippen LogP contribution in [-0.2, 0) is 24.4 Å². The van der Waals surface area contributed by atoms with E-state index in [1.165, 1.54) is 0 Å². The van der Waals surface area contributed by atoms with Crippen LogP contribution in [0.5, 0.6) is 0 Å². The predicted octanol–water partition coefficient (Wildman–Crippen LogP) is 2.96. The van der Waals surface area contributed by atoms with Crippen molar-refractivity contribution in [2.24, 2.45) is 11.5 Å². The topological polar surface area (TPSA) is 113 Å². The van der Waals surface area contributed by atoms with Gasteiger partial charge in [0.1, 0.15) is 0 Å². The summed E-state index contributed by atoms with van der Waals surface area (Å²) in [7, 11) is 0. The summed E-state index contributed by atoms with van der Waals surface area (Å²) >= 11 is 0. The number of hydrogen-bond donors (Lipinski definition) is 4. The summed E-state index contributed by atoms with van der Waals surface area (Å²) in [4.78, 5) is 26.8. The van der Waals surface area contributed by atoms with Gasteiger partial charge in [-0.15, -0.1) is 0 Å². The molecule has 3 aromatic carbocycles. The second-order valence-corrected chi connectivity index (χ2v) is 7.05. The van der Waals surface area contributed by atoms with Crippen LogP contribution in [0.15, 0.2) is 78.9 Å². The Labute approximate surface area is 182 Å². The minimum Gasteiger partial charge on any atom is -0.329 e. The lowest BCUT2D eigenvalue weighted by Crippen LogP contribution is -2.43. The van der Waals surface area contributed by atoms with Gasteiger partial charge in [-0.2, -0.15) is 0 Å². The number of anilines is 2. The highest BCUT2D eigenvalue weighted by molar-refractivity contribution is 5.98. The van der Waals surface area contributed by atoms with Crippen molar-refractivity contribution >= 4 is 23.3 Å². The number of amides is 3. The van der Waals surface area contributed by atoms with Gasteiger partial charge in [-0.25, -0.2) is 4.79 Å². The summed E-state index contributed by atoms with van der Waals surface area (Å²) in [6.07, 6.45) is 0. The molecule has 3 rings (SSSR count). The van der Waals surface area contributed by atoms with E-state index >= 15 is 0 Å². The van der Waals surface area contributed by atoms with E-state index in [1.54, 1.807) is 17.0 Å². The third-order valence-corrected chi connectivity index (χ3v) is 4.79. The van der Waals surface area contributed by atoms with E-state index in [1.807, 2.05) is 66.7 Å². The van der Waals surface area contributed by atoms with Gasteiger partial charge >= 0.3 is 6.03 Å². The lowest BCUT2D eigenvalue weighted by atomic mass is 10.1. The van der Waals surface area contributed by atoms with Crippen molar-refractivity contribution in [3.63, 3.8) is 0 Å². The van der Waals surface area contributed by atoms with E-state index in [9.17, 15) is 9.59 Å². The molecule has 0 unspecified atom stereocenters. The number of hydrogen-bond acceptors (Lipinski definition) is 4. The molecule has 0 aliphatic heterocycles. The first-order valence-corrected chi connectivity index (χ1v) is 10.1. The van der Waals surface area contributed by atoms with Crippen LogP contribution in [-0.4, -0.2) is 18.5 Å². The van der Waals surface area contributed by atoms with Crippen molar-refractivity contribution in [3.8, 4) is 0 Å². The number of urea groups is 1. The average molecular weight is 418 g/mol. The van der Waals surface area contributed by atoms with Crippen molar-refractivity contribution in [2.75, 3.05) is 16.8 Å². The second kappa shape index (κ2) is 10.9. The molecule has 0 aliphatic rings. The molecule has 160 valence electrons. The number of carbonyl (C=O) groups excluding carboxylic acids is 2. The molecule has 0 heterocycles. The van der Waals surface area contributed by atoms with Crippen LogP contribution in [0.25, 0.3) is 0 Å². The van der Waals surface area contributed by atoms with Crippen molar-refractivity contribution in [3.05, 3.63) is 95.6 Å². The van der Waals surface area contributed by atoms with E-state index in [0.29, 0.717) is 25.3 Å². The van der Waals surface area contributed by atoms with Gasteiger partial charge < -0.3 is 22.1 Å². The van der Waals surface area contributed by atoms with E-state index in [0.717, 1.165) is 22.4 Å². The maximum absolute atomic E-state index is 12.9. The molecule has 0 saturated heterocycles. The number of benzene rings is 3. The molecule has 0 aromatic heterocycles. The molecule has 0 radical (unpaired) electrons. The zero-order chi connectivity index (χ0) is 22.1. The van der Waals surface area contributed by atoms with E-state index in [-0.39, 0.29) is 18.5 Å². The molecule has 0 aliphatic carbocycles. The Balaban J connectivity index is 1.66. The summed E-state index contributed by atoms with van der Waals surface area (Å²) in [6, 6.07) is 24.0. The Kier molecular flexibility index (Phi) is 7.75. The number of nitrogens with zero attached hydrogens (tertiary/aromatic N) is 1. The van der Waals surface area contributed by atoms with Crippen LogP contribution in [0.3, 0.4) is 0 Å². The van der Waals surface area contributed by atoms with Crippen LogP contribution < -0.4 is 27.0 Å². The molecular weight excluding hydrogens is 390 g/mol. The molecule has 3 aromatic rings. The van der Waals surface area contributed by atoms with Crippen LogP contribution in [0, 0.1) is 0 Å². The minimum absolute atomic E-state index is 0.149. The van der Waals surface area contributed by atoms with E-state index in [2.05, 4.69) is 10.6 Å². The standard InChI is InChI=1S/C24H27N5O2/c25-14-18-6-10-21(11-7-18)28-23(30)16-27-24(31)29(17-20-4-2-1-3-5-20)22-12-8-19(15-26)9-13-22/h1-13H,14-17,25-26H2,(H,27,31)(H,28,30). The van der Waals surface area contributed by atoms with Crippen molar-refractivity contribution in [1.29, 1.82) is 0 Å². The molecule has 7 nitrogen and oxygen atoms in total. The number of carbonyl (C=O) groups is 2. The molecule has 0 fully saturated rings. The summed E-state index contributed by atoms with van der Waals surface area (Å²) in [5.74, 6) is -0.313. The van der Waals surface area contributed by atoms with E-state index < -0.39 is 0 Å². The molecule has 6 N–H and O–H groups in total. The normalized spacial score (nSPS) is 10.4. The minimum atomic E-state index is -0.363. The van der Waals surface area contributed by atoms with Crippen LogP contribution in [0.4, 0.5) is 16.2 Å². The van der Waals surface area contributed by atoms with Gasteiger partial charge in [-0.3, -0.25) is 9.69 Å². The van der Waals surface area contributed by atoms with Gasteiger partial charge in [0.15, 0.2) is 0 Å². The molecule has 3 amide bonds. The fraction of sp³-hybridized carbons (Fsp3) is 0.167. The lowest BCUT2D eigenvalue weighted by Gasteiger charge is -2.23. The predicted molar refractivity (Wildman–Crippen MR) is 123 cm³/mol. The number of rotatable bonds is 8. The Morgan fingerprint density at radius 1 is 0.742 bits per heavy atom. The van der Waals surface area contributed by atoms with E-state index in [4.69, 9.17) is 11.5 Å². The highest BCUT2D eigenvalue weighted by Gasteiger charge is 2.17. The highest BCUT2D eigenvalue weighted by atomic mass is 16.2. The first-order chi connectivity index (χ1) is 15.1. The number of nitrogens with one attached hydrogen (secondary N) is 2. The number of nitrogens with two attached hydrogens (primary N) is 2. The average Bonchev–Trinajstić information content (AvgIpc) is 2.82. The van der Waals surface area contributed by atoms with Crippen LogP contribution >= 0.6 is 0 Å². The van der Waals surface area contributed by atoms with Crippen LogP contribution in [0.2, 0.25) is 0 Å². The SMILES string of the molecule is NCc1ccc(NC(=O)CNC(=O)N(Cc2ccccc2)c2ccc(CN)cc2)cc1. The molecule has 7 heteroatoms. The largest absolute Gasteiger partial charge is 0.329 e. The molecule has 31 heavy (non-hydrogen) atoms. The third-order valence-electron chi connectivity index (χ3n) is 4.79. The van der Waals surface area contributed by atoms with Gasteiger partial charge in [0, 0.05) is 24.5 Å². The van der Waals surface area contributed by atoms with Gasteiger partial charge in [-0.05, 0) is 41.0 Å². The zero-order valence-electron chi connectivity index (χ0n) is 17.3. The molecule has 0 bridgehead atoms. The smallest absolute Gasteiger partial charge is 0.322 e. The quantitative estimate of drug-likeness (QED) is 0.451. The Hall–Kier alpha value is -3.68. The zero-order valence-corrected chi connectivity index (χ0v) is 17.3. The highest BCUT2D eigenvalue weighted by Crippen LogP contribution is 2.18. The fourth-order valence-corrected chi connectivity index (χ4v) is 3.04. The van der Waals surface area contributed by atoms with Gasteiger partial charge in [0.05, 0.1) is 13.1 Å². The maximum Gasteiger partial charge on any atom is 0.322 e. The summed E-state index contributed by atoms with van der Waals surface area (Å²) < 4.78 is 0. The summed E-state index contributed by atoms with van der Waals surface area (Å²) in [5.41, 5.74) is 15.6. The Morgan fingerprint density at radius 3 is 1.90 bits per heavy atom. The molecule has 0 spiro atoms. The second-order valence-electron chi connectivity index (χ2n) is 7.05. The van der Waals surface area contributed by atoms with Gasteiger partial charge in [0.25, 0.3) is 0 Å². The Morgan fingerprint density at radius 2 is 1.32 bits per heavy atom. The van der Waals surface area contributed by atoms with Crippen LogP contribution in [0.1, 0.15) is 16.7 Å². The van der Waals surface area contributed by atoms with Crippen molar-refractivity contribution in [2.45, 2.75) is 19.6 Å². The molecule has 0 saturated carbocycles. The monoisotopic (exact) mass is 417 g/mol. The third kappa shape index (κ3) is 6.40. The lowest BCUT2D eigenvalue weighted by molar-refractivity contribution is -0.115. The Bertz CT molecular complexity index is 989. The summed E-state index contributed by atoms with van der Waals surface area (Å²) in [5, 5.41) is 5.47. The van der Waals surface area contributed by atoms with Crippen molar-refractivity contribution in [1.82, 2.24) is 5.32 Å². The van der Waals surface area contributed by atoms with Crippen molar-refractivity contribution < 1.29 is 9.59 Å². The first kappa shape index (κ1) is 22.0. The fourth-order valence-electron chi connectivity index (χ4n) is 3.04. The maximum atomic E-state index is 12.9. The van der Waals surface area contributed by atoms with Gasteiger partial charge in [-0.1, -0.05) is 54.6 Å². The molecule has 0 atom stereocenters. The molecular formula is C24H27N5O2. The first-order valence-electron chi connectivity index (χ1n) is 10.1.